The number of urea groups is 1. The minimum atomic E-state index is -0.244. The topological polar surface area (TPSA) is 50.8 Å². The minimum Gasteiger partial charge on any atom is -0.497 e. The fraction of sp³-hybridized carbons (Fsp3) is 0.235. The molecule has 0 spiro atoms. The summed E-state index contributed by atoms with van der Waals surface area (Å²) in [5.41, 5.74) is 1.55. The number of carbonyl (C=O) groups excluding carboxylic acids is 1. The van der Waals surface area contributed by atoms with Gasteiger partial charge in [0.15, 0.2) is 0 Å². The molecule has 0 radical (unpaired) electrons. The molecule has 2 aromatic rings. The second kappa shape index (κ2) is 7.74. The van der Waals surface area contributed by atoms with Crippen LogP contribution in [-0.4, -0.2) is 32.2 Å². The Morgan fingerprint density at radius 2 is 1.83 bits per heavy atom. The quantitative estimate of drug-likeness (QED) is 0.898. The summed E-state index contributed by atoms with van der Waals surface area (Å²) in [7, 11) is 4.84. The monoisotopic (exact) mass is 334 g/mol. The first-order valence-corrected chi connectivity index (χ1v) is 7.40. The molecule has 0 saturated heterocycles. The molecule has 0 aliphatic rings. The Kier molecular flexibility index (Phi) is 5.71. The summed E-state index contributed by atoms with van der Waals surface area (Å²) >= 11 is 5.86. The highest BCUT2D eigenvalue weighted by atomic mass is 35.5. The predicted molar refractivity (Wildman–Crippen MR) is 91.5 cm³/mol. The van der Waals surface area contributed by atoms with Crippen LogP contribution in [-0.2, 0) is 6.54 Å². The van der Waals surface area contributed by atoms with Gasteiger partial charge in [0, 0.05) is 24.7 Å². The van der Waals surface area contributed by atoms with Crippen LogP contribution in [0.1, 0.15) is 5.56 Å². The highest BCUT2D eigenvalue weighted by Crippen LogP contribution is 2.29. The average Bonchev–Trinajstić information content (AvgIpc) is 2.56. The van der Waals surface area contributed by atoms with Crippen molar-refractivity contribution in [1.29, 1.82) is 0 Å². The van der Waals surface area contributed by atoms with Gasteiger partial charge in [0.2, 0.25) is 0 Å². The fourth-order valence-corrected chi connectivity index (χ4v) is 2.18. The zero-order valence-electron chi connectivity index (χ0n) is 13.3. The molecule has 1 N–H and O–H groups in total. The van der Waals surface area contributed by atoms with E-state index in [-0.39, 0.29) is 6.03 Å². The molecule has 2 aromatic carbocycles. The Morgan fingerprint density at radius 1 is 1.13 bits per heavy atom. The highest BCUT2D eigenvalue weighted by Gasteiger charge is 2.13. The van der Waals surface area contributed by atoms with Crippen molar-refractivity contribution in [3.63, 3.8) is 0 Å². The number of amides is 2. The number of rotatable bonds is 5. The van der Waals surface area contributed by atoms with E-state index in [1.165, 1.54) is 0 Å². The molecule has 2 rings (SSSR count). The van der Waals surface area contributed by atoms with Crippen molar-refractivity contribution in [2.75, 3.05) is 26.6 Å². The van der Waals surface area contributed by atoms with Gasteiger partial charge in [-0.25, -0.2) is 4.79 Å². The molecule has 0 bridgehead atoms. The molecule has 122 valence electrons. The van der Waals surface area contributed by atoms with E-state index >= 15 is 0 Å². The van der Waals surface area contributed by atoms with E-state index in [2.05, 4.69) is 5.32 Å². The van der Waals surface area contributed by atoms with Gasteiger partial charge in [-0.05, 0) is 29.8 Å². The number of nitrogens with zero attached hydrogens (tertiary/aromatic N) is 1. The maximum atomic E-state index is 12.3. The van der Waals surface area contributed by atoms with Crippen LogP contribution in [0.15, 0.2) is 42.5 Å². The van der Waals surface area contributed by atoms with Gasteiger partial charge in [0.05, 0.1) is 19.9 Å². The molecule has 6 heteroatoms. The van der Waals surface area contributed by atoms with Crippen LogP contribution in [0, 0.1) is 0 Å². The maximum Gasteiger partial charge on any atom is 0.321 e. The normalized spacial score (nSPS) is 10.1. The number of benzene rings is 2. The second-order valence-corrected chi connectivity index (χ2v) is 5.42. The van der Waals surface area contributed by atoms with E-state index in [4.69, 9.17) is 21.1 Å². The number of methoxy groups -OCH3 is 2. The van der Waals surface area contributed by atoms with Gasteiger partial charge in [0.1, 0.15) is 11.5 Å². The van der Waals surface area contributed by atoms with Gasteiger partial charge in [0.25, 0.3) is 0 Å². The first-order chi connectivity index (χ1) is 11.0. The van der Waals surface area contributed by atoms with Crippen LogP contribution in [0.5, 0.6) is 11.5 Å². The van der Waals surface area contributed by atoms with Gasteiger partial charge < -0.3 is 19.7 Å². The summed E-state index contributed by atoms with van der Waals surface area (Å²) in [4.78, 5) is 13.9. The number of hydrogen-bond acceptors (Lipinski definition) is 3. The van der Waals surface area contributed by atoms with Crippen molar-refractivity contribution in [3.05, 3.63) is 53.1 Å². The SMILES string of the molecule is COc1ccc(OC)c(NC(=O)N(C)Cc2ccc(Cl)cc2)c1. The molecule has 23 heavy (non-hydrogen) atoms. The number of halogens is 1. The van der Waals surface area contributed by atoms with Crippen LogP contribution in [0.25, 0.3) is 0 Å². The first-order valence-electron chi connectivity index (χ1n) is 7.02. The Hall–Kier alpha value is -2.40. The number of carbonyl (C=O) groups is 1. The summed E-state index contributed by atoms with van der Waals surface area (Å²) < 4.78 is 10.4. The number of nitrogens with one attached hydrogen (secondary N) is 1. The third-order valence-corrected chi connectivity index (χ3v) is 3.58. The zero-order valence-corrected chi connectivity index (χ0v) is 14.1. The minimum absolute atomic E-state index is 0.244. The smallest absolute Gasteiger partial charge is 0.321 e. The zero-order chi connectivity index (χ0) is 16.8. The average molecular weight is 335 g/mol. The van der Waals surface area contributed by atoms with Crippen LogP contribution in [0.3, 0.4) is 0 Å². The summed E-state index contributed by atoms with van der Waals surface area (Å²) in [5, 5.41) is 3.49. The van der Waals surface area contributed by atoms with Gasteiger partial charge in [-0.2, -0.15) is 0 Å². The molecular formula is C17H19ClN2O3. The van der Waals surface area contributed by atoms with E-state index in [0.717, 1.165) is 5.56 Å². The van der Waals surface area contributed by atoms with Crippen molar-refractivity contribution in [2.24, 2.45) is 0 Å². The van der Waals surface area contributed by atoms with Gasteiger partial charge >= 0.3 is 6.03 Å². The van der Waals surface area contributed by atoms with E-state index < -0.39 is 0 Å². The molecule has 0 fully saturated rings. The molecule has 0 saturated carbocycles. The van der Waals surface area contributed by atoms with Gasteiger partial charge in [-0.1, -0.05) is 23.7 Å². The molecule has 5 nitrogen and oxygen atoms in total. The van der Waals surface area contributed by atoms with Crippen molar-refractivity contribution < 1.29 is 14.3 Å². The molecule has 0 aliphatic heterocycles. The van der Waals surface area contributed by atoms with Gasteiger partial charge in [-0.15, -0.1) is 0 Å². The molecule has 0 heterocycles. The molecule has 0 atom stereocenters. The summed E-state index contributed by atoms with van der Waals surface area (Å²) in [6.07, 6.45) is 0. The van der Waals surface area contributed by atoms with Crippen LogP contribution >= 0.6 is 11.6 Å². The van der Waals surface area contributed by atoms with Crippen LogP contribution in [0.2, 0.25) is 5.02 Å². The lowest BCUT2D eigenvalue weighted by molar-refractivity contribution is 0.220. The Bertz CT molecular complexity index is 674. The van der Waals surface area contributed by atoms with Crippen molar-refractivity contribution in [1.82, 2.24) is 4.90 Å². The van der Waals surface area contributed by atoms with Crippen LogP contribution < -0.4 is 14.8 Å². The third kappa shape index (κ3) is 4.53. The lowest BCUT2D eigenvalue weighted by Gasteiger charge is -2.19. The van der Waals surface area contributed by atoms with Crippen LogP contribution in [0.4, 0.5) is 10.5 Å². The van der Waals surface area contributed by atoms with E-state index in [1.54, 1.807) is 56.5 Å². The summed E-state index contributed by atoms with van der Waals surface area (Å²) in [6, 6.07) is 12.4. The predicted octanol–water partition coefficient (Wildman–Crippen LogP) is 4.02. The number of hydrogen-bond donors (Lipinski definition) is 1. The summed E-state index contributed by atoms with van der Waals surface area (Å²) in [6.45, 7) is 0.468. The third-order valence-electron chi connectivity index (χ3n) is 3.33. The molecule has 0 unspecified atom stereocenters. The highest BCUT2D eigenvalue weighted by molar-refractivity contribution is 6.30. The molecule has 0 aromatic heterocycles. The standard InChI is InChI=1S/C17H19ClN2O3/c1-20(11-12-4-6-13(18)7-5-12)17(21)19-15-10-14(22-2)8-9-16(15)23-3/h4-10H,11H2,1-3H3,(H,19,21). The molecular weight excluding hydrogens is 316 g/mol. The molecule has 2 amide bonds. The maximum absolute atomic E-state index is 12.3. The van der Waals surface area contributed by atoms with E-state index in [0.29, 0.717) is 28.8 Å². The fourth-order valence-electron chi connectivity index (χ4n) is 2.06. The van der Waals surface area contributed by atoms with Crippen molar-refractivity contribution in [2.45, 2.75) is 6.54 Å². The first kappa shape index (κ1) is 17.0. The lowest BCUT2D eigenvalue weighted by Crippen LogP contribution is -2.30. The molecule has 0 aliphatic carbocycles. The second-order valence-electron chi connectivity index (χ2n) is 4.98. The van der Waals surface area contributed by atoms with Crippen molar-refractivity contribution in [3.8, 4) is 11.5 Å². The Labute approximate surface area is 140 Å². The Balaban J connectivity index is 2.07. The van der Waals surface area contributed by atoms with E-state index in [9.17, 15) is 4.79 Å². The van der Waals surface area contributed by atoms with Gasteiger partial charge in [-0.3, -0.25) is 0 Å². The van der Waals surface area contributed by atoms with E-state index in [1.807, 2.05) is 12.1 Å². The van der Waals surface area contributed by atoms with Crippen molar-refractivity contribution >= 4 is 23.3 Å². The lowest BCUT2D eigenvalue weighted by atomic mass is 10.2. The number of anilines is 1. The summed E-state index contributed by atoms with van der Waals surface area (Å²) in [5.74, 6) is 1.21. The Morgan fingerprint density at radius 3 is 2.43 bits per heavy atom. The largest absolute Gasteiger partial charge is 0.497 e. The number of ether oxygens (including phenoxy) is 2.